The van der Waals surface area contributed by atoms with Crippen LogP contribution in [0.1, 0.15) is 6.92 Å². The molecule has 2 aromatic carbocycles. The maximum absolute atomic E-state index is 13.2. The van der Waals surface area contributed by atoms with Crippen molar-refractivity contribution in [3.8, 4) is 23.0 Å². The van der Waals surface area contributed by atoms with Crippen molar-refractivity contribution in [2.45, 2.75) is 6.92 Å². The molecule has 7 nitrogen and oxygen atoms in total. The fourth-order valence-electron chi connectivity index (χ4n) is 3.58. The van der Waals surface area contributed by atoms with Gasteiger partial charge in [0.2, 0.25) is 5.75 Å². The summed E-state index contributed by atoms with van der Waals surface area (Å²) in [6.07, 6.45) is 5.46. The molecular formula is C22H27N2O5S+. The third-order valence-corrected chi connectivity index (χ3v) is 7.43. The third kappa shape index (κ3) is 3.69. The molecule has 30 heavy (non-hydrogen) atoms. The molecule has 8 heteroatoms. The number of methoxy groups -OCH3 is 2. The molecule has 0 fully saturated rings. The summed E-state index contributed by atoms with van der Waals surface area (Å²) in [6.45, 7) is 2.08. The van der Waals surface area contributed by atoms with Crippen LogP contribution in [0.5, 0.6) is 23.0 Å². The Morgan fingerprint density at radius 2 is 1.67 bits per heavy atom. The van der Waals surface area contributed by atoms with E-state index in [0.717, 1.165) is 0 Å². The Labute approximate surface area is 177 Å². The van der Waals surface area contributed by atoms with Gasteiger partial charge >= 0.3 is 10.0 Å². The lowest BCUT2D eigenvalue weighted by Gasteiger charge is -2.37. The average Bonchev–Trinajstić information content (AvgIpc) is 2.79. The Bertz CT molecular complexity index is 1040. The number of ether oxygens (including phenoxy) is 3. The Hall–Kier alpha value is -2.81. The minimum absolute atomic E-state index is 0.00511. The zero-order valence-corrected chi connectivity index (χ0v) is 18.2. The SMILES string of the molecule is CCS(=O)(=O)[N+]1(c2ccc(Oc3c(OC)cccc3OC)cc2)CC=CC=C1CN. The van der Waals surface area contributed by atoms with Crippen LogP contribution in [-0.2, 0) is 10.0 Å². The zero-order valence-electron chi connectivity index (χ0n) is 17.4. The Balaban J connectivity index is 2.03. The summed E-state index contributed by atoms with van der Waals surface area (Å²) in [5.74, 6) is 2.03. The number of benzene rings is 2. The van der Waals surface area contributed by atoms with E-state index in [0.29, 0.717) is 40.9 Å². The number of sulfonamides is 1. The Morgan fingerprint density at radius 3 is 2.20 bits per heavy atom. The first-order valence-electron chi connectivity index (χ1n) is 9.60. The first-order valence-corrected chi connectivity index (χ1v) is 11.2. The van der Waals surface area contributed by atoms with Gasteiger partial charge in [-0.2, -0.15) is 12.3 Å². The van der Waals surface area contributed by atoms with Crippen LogP contribution in [0.3, 0.4) is 0 Å². The van der Waals surface area contributed by atoms with Gasteiger partial charge in [0.15, 0.2) is 17.2 Å². The van der Waals surface area contributed by atoms with Crippen molar-refractivity contribution < 1.29 is 22.6 Å². The second-order valence-corrected chi connectivity index (χ2v) is 9.04. The van der Waals surface area contributed by atoms with E-state index < -0.39 is 10.0 Å². The molecule has 0 aliphatic carbocycles. The second kappa shape index (κ2) is 8.91. The predicted octanol–water partition coefficient (Wildman–Crippen LogP) is 3.57. The number of rotatable bonds is 8. The zero-order chi connectivity index (χ0) is 21.8. The van der Waals surface area contributed by atoms with E-state index in [-0.39, 0.29) is 16.2 Å². The number of nitrogens with zero attached hydrogens (tertiary/aromatic N) is 1. The predicted molar refractivity (Wildman–Crippen MR) is 118 cm³/mol. The fourth-order valence-corrected chi connectivity index (χ4v) is 5.27. The van der Waals surface area contributed by atoms with Gasteiger partial charge in [-0.05, 0) is 43.3 Å². The minimum atomic E-state index is -3.53. The standard InChI is InChI=1S/C22H27N2O5S/c1-4-30(25,26)24(15-6-5-8-18(24)16-23)17-11-13-19(14-12-17)29-22-20(27-2)9-7-10-21(22)28-3/h5-14H,4,15-16,23H2,1-3H3/q+1. The molecular weight excluding hydrogens is 404 g/mol. The lowest BCUT2D eigenvalue weighted by atomic mass is 10.2. The quantitative estimate of drug-likeness (QED) is 0.643. The highest BCUT2D eigenvalue weighted by Gasteiger charge is 2.46. The van der Waals surface area contributed by atoms with Crippen LogP contribution >= 0.6 is 0 Å². The van der Waals surface area contributed by atoms with Crippen molar-refractivity contribution in [2.24, 2.45) is 5.73 Å². The summed E-state index contributed by atoms with van der Waals surface area (Å²) in [4.78, 5) is 0. The van der Waals surface area contributed by atoms with Crippen LogP contribution in [0.15, 0.2) is 66.4 Å². The molecule has 1 heterocycles. The maximum Gasteiger partial charge on any atom is 0.306 e. The van der Waals surface area contributed by atoms with Crippen LogP contribution in [0.25, 0.3) is 0 Å². The molecule has 1 atom stereocenters. The summed E-state index contributed by atoms with van der Waals surface area (Å²) < 4.78 is 42.8. The monoisotopic (exact) mass is 431 g/mol. The summed E-state index contributed by atoms with van der Waals surface area (Å²) in [5.41, 5.74) is 7.16. The van der Waals surface area contributed by atoms with E-state index in [9.17, 15) is 8.42 Å². The molecule has 1 unspecified atom stereocenters. The van der Waals surface area contributed by atoms with Crippen LogP contribution in [-0.4, -0.2) is 41.5 Å². The maximum atomic E-state index is 13.2. The summed E-state index contributed by atoms with van der Waals surface area (Å²) in [5, 5.41) is 0. The summed E-state index contributed by atoms with van der Waals surface area (Å²) in [7, 11) is -0.424. The van der Waals surface area contributed by atoms with Gasteiger partial charge in [-0.3, -0.25) is 0 Å². The molecule has 1 aliphatic heterocycles. The number of hydrogen-bond acceptors (Lipinski definition) is 6. The largest absolute Gasteiger partial charge is 0.493 e. The number of nitrogens with two attached hydrogens (primary N) is 1. The number of allylic oxidation sites excluding steroid dienone is 2. The van der Waals surface area contributed by atoms with Gasteiger partial charge in [0.25, 0.3) is 0 Å². The van der Waals surface area contributed by atoms with Gasteiger partial charge in [-0.1, -0.05) is 12.1 Å². The minimum Gasteiger partial charge on any atom is -0.493 e. The van der Waals surface area contributed by atoms with E-state index in [4.69, 9.17) is 19.9 Å². The summed E-state index contributed by atoms with van der Waals surface area (Å²) >= 11 is 0. The molecule has 0 saturated heterocycles. The molecule has 160 valence electrons. The van der Waals surface area contributed by atoms with Crippen LogP contribution in [0, 0.1) is 0 Å². The van der Waals surface area contributed by atoms with Crippen molar-refractivity contribution >= 4 is 15.7 Å². The number of para-hydroxylation sites is 1. The van der Waals surface area contributed by atoms with E-state index >= 15 is 0 Å². The number of hydrogen-bond donors (Lipinski definition) is 1. The molecule has 0 aromatic heterocycles. The molecule has 2 aromatic rings. The Morgan fingerprint density at radius 1 is 1.03 bits per heavy atom. The van der Waals surface area contributed by atoms with Gasteiger partial charge in [0, 0.05) is 12.1 Å². The van der Waals surface area contributed by atoms with Crippen molar-refractivity contribution in [1.82, 2.24) is 3.89 Å². The molecule has 0 saturated carbocycles. The van der Waals surface area contributed by atoms with Crippen LogP contribution in [0.4, 0.5) is 5.69 Å². The lowest BCUT2D eigenvalue weighted by Crippen LogP contribution is -2.56. The van der Waals surface area contributed by atoms with E-state index in [1.165, 1.54) is 0 Å². The Kier molecular flexibility index (Phi) is 6.50. The van der Waals surface area contributed by atoms with Crippen LogP contribution in [0.2, 0.25) is 0 Å². The van der Waals surface area contributed by atoms with Gasteiger partial charge in [-0.25, -0.2) is 0 Å². The molecule has 2 N–H and O–H groups in total. The third-order valence-electron chi connectivity index (χ3n) is 5.16. The van der Waals surface area contributed by atoms with Crippen molar-refractivity contribution in [3.63, 3.8) is 0 Å². The smallest absolute Gasteiger partial charge is 0.306 e. The fraction of sp³-hybridized carbons (Fsp3) is 0.273. The van der Waals surface area contributed by atoms with Crippen molar-refractivity contribution in [1.29, 1.82) is 0 Å². The highest BCUT2D eigenvalue weighted by Crippen LogP contribution is 2.41. The van der Waals surface area contributed by atoms with Crippen molar-refractivity contribution in [3.05, 3.63) is 66.4 Å². The highest BCUT2D eigenvalue weighted by molar-refractivity contribution is 7.91. The topological polar surface area (TPSA) is 87.9 Å². The van der Waals surface area contributed by atoms with E-state index in [2.05, 4.69) is 0 Å². The lowest BCUT2D eigenvalue weighted by molar-refractivity contribution is 0.346. The van der Waals surface area contributed by atoms with Crippen molar-refractivity contribution in [2.75, 3.05) is 33.1 Å². The molecule has 0 radical (unpaired) electrons. The van der Waals surface area contributed by atoms with Gasteiger partial charge < -0.3 is 19.9 Å². The first kappa shape index (κ1) is 21.9. The molecule has 3 rings (SSSR count). The van der Waals surface area contributed by atoms with E-state index in [1.54, 1.807) is 63.6 Å². The first-order chi connectivity index (χ1) is 14.4. The summed E-state index contributed by atoms with van der Waals surface area (Å²) in [6, 6.07) is 12.3. The van der Waals surface area contributed by atoms with Gasteiger partial charge in [0.1, 0.15) is 18.0 Å². The molecule has 0 amide bonds. The van der Waals surface area contributed by atoms with Gasteiger partial charge in [-0.15, -0.1) is 0 Å². The molecule has 0 bridgehead atoms. The average molecular weight is 432 g/mol. The van der Waals surface area contributed by atoms with Gasteiger partial charge in [0.05, 0.1) is 26.5 Å². The van der Waals surface area contributed by atoms with E-state index in [1.807, 2.05) is 18.2 Å². The highest BCUT2D eigenvalue weighted by atomic mass is 32.2. The second-order valence-electron chi connectivity index (χ2n) is 6.67. The number of quaternary nitrogens is 1. The normalized spacial score (nSPS) is 18.6. The molecule has 1 aliphatic rings. The molecule has 0 spiro atoms. The van der Waals surface area contributed by atoms with Crippen LogP contribution < -0.4 is 23.8 Å².